The summed E-state index contributed by atoms with van der Waals surface area (Å²) in [6.07, 6.45) is 2.44. The fourth-order valence-corrected chi connectivity index (χ4v) is 2.95. The number of nitrogens with one attached hydrogen (secondary N) is 2. The van der Waals surface area contributed by atoms with Crippen molar-refractivity contribution in [1.29, 1.82) is 0 Å². The second kappa shape index (κ2) is 6.19. The SMILES string of the molecule is NC(=O)c1cc(C2CCCCN2C(=O)c2cc(O)[nH]c(=O)c2)[nH]n1. The summed E-state index contributed by atoms with van der Waals surface area (Å²) in [4.78, 5) is 39.2. The number of aromatic hydroxyl groups is 1. The van der Waals surface area contributed by atoms with Gasteiger partial charge in [-0.15, -0.1) is 0 Å². The first-order valence-corrected chi connectivity index (χ1v) is 7.55. The summed E-state index contributed by atoms with van der Waals surface area (Å²) >= 11 is 0. The molecule has 24 heavy (non-hydrogen) atoms. The molecule has 0 aromatic carbocycles. The van der Waals surface area contributed by atoms with Crippen LogP contribution >= 0.6 is 0 Å². The zero-order valence-electron chi connectivity index (χ0n) is 12.8. The van der Waals surface area contributed by atoms with Crippen molar-refractivity contribution in [2.75, 3.05) is 6.54 Å². The van der Waals surface area contributed by atoms with Crippen molar-refractivity contribution in [1.82, 2.24) is 20.1 Å². The maximum absolute atomic E-state index is 12.8. The zero-order chi connectivity index (χ0) is 17.3. The number of carbonyl (C=O) groups excluding carboxylic acids is 2. The molecule has 2 aromatic rings. The summed E-state index contributed by atoms with van der Waals surface area (Å²) in [6.45, 7) is 0.502. The number of hydrogen-bond acceptors (Lipinski definition) is 5. The topological polar surface area (TPSA) is 145 Å². The third-order valence-corrected chi connectivity index (χ3v) is 4.05. The average Bonchev–Trinajstić information content (AvgIpc) is 3.03. The van der Waals surface area contributed by atoms with Crippen LogP contribution in [0.15, 0.2) is 23.0 Å². The minimum atomic E-state index is -0.647. The summed E-state index contributed by atoms with van der Waals surface area (Å²) in [7, 11) is 0. The highest BCUT2D eigenvalue weighted by molar-refractivity contribution is 5.95. The van der Waals surface area contributed by atoms with Gasteiger partial charge in [-0.3, -0.25) is 24.5 Å². The van der Waals surface area contributed by atoms with Crippen molar-refractivity contribution in [2.45, 2.75) is 25.3 Å². The van der Waals surface area contributed by atoms with E-state index in [0.717, 1.165) is 18.9 Å². The van der Waals surface area contributed by atoms with Crippen molar-refractivity contribution in [3.8, 4) is 5.88 Å². The summed E-state index contributed by atoms with van der Waals surface area (Å²) in [5.41, 5.74) is 5.49. The van der Waals surface area contributed by atoms with Gasteiger partial charge in [-0.1, -0.05) is 0 Å². The lowest BCUT2D eigenvalue weighted by Gasteiger charge is -2.35. The highest BCUT2D eigenvalue weighted by Crippen LogP contribution is 2.31. The minimum absolute atomic E-state index is 0.108. The minimum Gasteiger partial charge on any atom is -0.494 e. The maximum atomic E-state index is 12.8. The van der Waals surface area contributed by atoms with Gasteiger partial charge in [-0.25, -0.2) is 0 Å². The molecule has 1 atom stereocenters. The fourth-order valence-electron chi connectivity index (χ4n) is 2.95. The molecule has 1 fully saturated rings. The molecule has 9 nitrogen and oxygen atoms in total. The highest BCUT2D eigenvalue weighted by atomic mass is 16.3. The maximum Gasteiger partial charge on any atom is 0.269 e. The average molecular weight is 331 g/mol. The molecule has 1 saturated heterocycles. The normalized spacial score (nSPS) is 17.7. The molecular formula is C15H17N5O4. The largest absolute Gasteiger partial charge is 0.494 e. The summed E-state index contributed by atoms with van der Waals surface area (Å²) < 4.78 is 0. The Morgan fingerprint density at radius 3 is 2.75 bits per heavy atom. The molecule has 3 rings (SSSR count). The van der Waals surface area contributed by atoms with Gasteiger partial charge in [0.05, 0.1) is 17.3 Å². The second-order valence-corrected chi connectivity index (χ2v) is 5.70. The molecular weight excluding hydrogens is 314 g/mol. The summed E-state index contributed by atoms with van der Waals surface area (Å²) in [5.74, 6) is -1.38. The van der Waals surface area contributed by atoms with E-state index in [1.165, 1.54) is 12.1 Å². The molecule has 1 unspecified atom stereocenters. The number of hydrogen-bond donors (Lipinski definition) is 4. The van der Waals surface area contributed by atoms with Crippen LogP contribution in [0.3, 0.4) is 0 Å². The molecule has 0 radical (unpaired) electrons. The van der Waals surface area contributed by atoms with Crippen molar-refractivity contribution >= 4 is 11.8 Å². The van der Waals surface area contributed by atoms with Gasteiger partial charge >= 0.3 is 0 Å². The van der Waals surface area contributed by atoms with Crippen LogP contribution in [0.2, 0.25) is 0 Å². The second-order valence-electron chi connectivity index (χ2n) is 5.70. The number of aromatic amines is 2. The van der Waals surface area contributed by atoms with Crippen LogP contribution in [-0.4, -0.2) is 43.5 Å². The number of carbonyl (C=O) groups is 2. The van der Waals surface area contributed by atoms with Crippen molar-refractivity contribution in [3.63, 3.8) is 0 Å². The number of nitrogens with zero attached hydrogens (tertiary/aromatic N) is 2. The number of rotatable bonds is 3. The Hall–Kier alpha value is -3.10. The van der Waals surface area contributed by atoms with E-state index in [2.05, 4.69) is 15.2 Å². The Bertz CT molecular complexity index is 840. The first-order chi connectivity index (χ1) is 11.5. The van der Waals surface area contributed by atoms with Gasteiger partial charge < -0.3 is 15.7 Å². The lowest BCUT2D eigenvalue weighted by Crippen LogP contribution is -2.39. The monoisotopic (exact) mass is 331 g/mol. The Labute approximate surface area is 136 Å². The molecule has 0 saturated carbocycles. The van der Waals surface area contributed by atoms with Gasteiger partial charge in [0.1, 0.15) is 5.69 Å². The molecule has 0 spiro atoms. The van der Waals surface area contributed by atoms with Crippen LogP contribution in [0, 0.1) is 0 Å². The van der Waals surface area contributed by atoms with Crippen molar-refractivity contribution in [3.05, 3.63) is 45.5 Å². The van der Waals surface area contributed by atoms with Gasteiger partial charge in [-0.2, -0.15) is 5.10 Å². The number of pyridine rings is 1. The van der Waals surface area contributed by atoms with Crippen LogP contribution < -0.4 is 11.3 Å². The van der Waals surface area contributed by atoms with Gasteiger partial charge in [0, 0.05) is 18.7 Å². The van der Waals surface area contributed by atoms with Gasteiger partial charge in [0.2, 0.25) is 0 Å². The lowest BCUT2D eigenvalue weighted by molar-refractivity contribution is 0.0605. The predicted molar refractivity (Wildman–Crippen MR) is 83.5 cm³/mol. The Morgan fingerprint density at radius 2 is 2.08 bits per heavy atom. The standard InChI is InChI=1S/C15H17N5O4/c16-14(23)10-7-9(18-19-10)11-3-1-2-4-20(11)15(24)8-5-12(21)17-13(22)6-8/h5-7,11H,1-4H2,(H2,16,23)(H,18,19)(H2,17,21,22). The van der Waals surface area contributed by atoms with Gasteiger partial charge in [0.25, 0.3) is 17.4 Å². The van der Waals surface area contributed by atoms with Crippen molar-refractivity contribution < 1.29 is 14.7 Å². The van der Waals surface area contributed by atoms with E-state index in [1.54, 1.807) is 4.90 Å². The van der Waals surface area contributed by atoms with E-state index in [1.807, 2.05) is 0 Å². The lowest BCUT2D eigenvalue weighted by atomic mass is 9.98. The van der Waals surface area contributed by atoms with Crippen LogP contribution in [0.4, 0.5) is 0 Å². The molecule has 1 aliphatic heterocycles. The van der Waals surface area contributed by atoms with E-state index in [9.17, 15) is 19.5 Å². The zero-order valence-corrected chi connectivity index (χ0v) is 12.8. The molecule has 9 heteroatoms. The first kappa shape index (κ1) is 15.8. The van der Waals surface area contributed by atoms with Gasteiger partial charge in [0.15, 0.2) is 5.88 Å². The molecule has 5 N–H and O–H groups in total. The van der Waals surface area contributed by atoms with E-state index < -0.39 is 11.5 Å². The van der Waals surface area contributed by atoms with E-state index in [4.69, 9.17) is 5.73 Å². The molecule has 2 amide bonds. The first-order valence-electron chi connectivity index (χ1n) is 7.55. The summed E-state index contributed by atoms with van der Waals surface area (Å²) in [6, 6.07) is 3.61. The number of likely N-dealkylation sites (tertiary alicyclic amines) is 1. The van der Waals surface area contributed by atoms with E-state index >= 15 is 0 Å². The molecule has 1 aliphatic rings. The van der Waals surface area contributed by atoms with Crippen LogP contribution in [0.25, 0.3) is 0 Å². The van der Waals surface area contributed by atoms with Crippen LogP contribution in [0.5, 0.6) is 5.88 Å². The van der Waals surface area contributed by atoms with Crippen LogP contribution in [-0.2, 0) is 0 Å². The quantitative estimate of drug-likeness (QED) is 0.638. The number of nitrogens with two attached hydrogens (primary N) is 1. The fraction of sp³-hybridized carbons (Fsp3) is 0.333. The highest BCUT2D eigenvalue weighted by Gasteiger charge is 2.30. The third-order valence-electron chi connectivity index (χ3n) is 4.05. The molecule has 0 aliphatic carbocycles. The third kappa shape index (κ3) is 3.00. The molecule has 3 heterocycles. The van der Waals surface area contributed by atoms with Crippen molar-refractivity contribution in [2.24, 2.45) is 5.73 Å². The summed E-state index contributed by atoms with van der Waals surface area (Å²) in [5, 5.41) is 16.1. The number of amides is 2. The number of aromatic nitrogens is 3. The van der Waals surface area contributed by atoms with E-state index in [0.29, 0.717) is 18.7 Å². The Kier molecular flexibility index (Phi) is 4.07. The molecule has 0 bridgehead atoms. The predicted octanol–water partition coefficient (Wildman–Crippen LogP) is 0.270. The number of H-pyrrole nitrogens is 2. The molecule has 126 valence electrons. The number of primary amides is 1. The molecule has 2 aromatic heterocycles. The smallest absolute Gasteiger partial charge is 0.269 e. The Morgan fingerprint density at radius 1 is 1.29 bits per heavy atom. The number of piperidine rings is 1. The van der Waals surface area contributed by atoms with E-state index in [-0.39, 0.29) is 29.1 Å². The van der Waals surface area contributed by atoms with Crippen LogP contribution in [0.1, 0.15) is 51.8 Å². The van der Waals surface area contributed by atoms with Gasteiger partial charge in [-0.05, 0) is 25.3 Å². The Balaban J connectivity index is 1.92.